The molecular formula is C12H18N2OS. The summed E-state index contributed by atoms with van der Waals surface area (Å²) in [5.41, 5.74) is 0. The highest BCUT2D eigenvalue weighted by Crippen LogP contribution is 2.09. The quantitative estimate of drug-likeness (QED) is 0.696. The molecule has 0 spiro atoms. The van der Waals surface area contributed by atoms with Crippen LogP contribution in [0.5, 0.6) is 0 Å². The van der Waals surface area contributed by atoms with Crippen molar-refractivity contribution in [1.29, 1.82) is 5.26 Å². The number of methoxy groups -OCH3 is 1. The summed E-state index contributed by atoms with van der Waals surface area (Å²) in [5.74, 6) is 0. The minimum atomic E-state index is 0.591. The molecule has 1 aromatic heterocycles. The van der Waals surface area contributed by atoms with E-state index >= 15 is 0 Å². The lowest BCUT2D eigenvalue weighted by molar-refractivity contribution is 0.149. The smallest absolute Gasteiger partial charge is 0.0635 e. The third-order valence-electron chi connectivity index (χ3n) is 2.41. The van der Waals surface area contributed by atoms with Crippen molar-refractivity contribution in [3.05, 3.63) is 22.4 Å². The zero-order valence-corrected chi connectivity index (χ0v) is 10.5. The standard InChI is InChI=1S/C12H18N2OS/c1-15-10-9-14(7-3-6-13)8-5-12-4-2-11-16-12/h2,4,11H,3,5,7-10H2,1H3. The van der Waals surface area contributed by atoms with Crippen molar-refractivity contribution in [2.45, 2.75) is 12.8 Å². The van der Waals surface area contributed by atoms with E-state index < -0.39 is 0 Å². The molecule has 0 aromatic carbocycles. The molecule has 0 aliphatic carbocycles. The maximum Gasteiger partial charge on any atom is 0.0635 e. The fourth-order valence-electron chi connectivity index (χ4n) is 1.49. The Bertz CT molecular complexity index is 305. The summed E-state index contributed by atoms with van der Waals surface area (Å²) in [7, 11) is 1.71. The molecule has 0 radical (unpaired) electrons. The first-order valence-corrected chi connectivity index (χ1v) is 6.35. The van der Waals surface area contributed by atoms with Gasteiger partial charge in [-0.1, -0.05) is 6.07 Å². The summed E-state index contributed by atoms with van der Waals surface area (Å²) in [6, 6.07) is 6.42. The molecular weight excluding hydrogens is 220 g/mol. The van der Waals surface area contributed by atoms with Crippen LogP contribution >= 0.6 is 11.3 Å². The van der Waals surface area contributed by atoms with Crippen molar-refractivity contribution in [3.8, 4) is 6.07 Å². The van der Waals surface area contributed by atoms with E-state index in [1.165, 1.54) is 4.88 Å². The van der Waals surface area contributed by atoms with E-state index in [1.807, 2.05) is 0 Å². The summed E-state index contributed by atoms with van der Waals surface area (Å²) in [6.07, 6.45) is 1.65. The largest absolute Gasteiger partial charge is 0.383 e. The summed E-state index contributed by atoms with van der Waals surface area (Å²) < 4.78 is 5.07. The Morgan fingerprint density at radius 1 is 1.44 bits per heavy atom. The minimum Gasteiger partial charge on any atom is -0.383 e. The predicted molar refractivity (Wildman–Crippen MR) is 66.6 cm³/mol. The van der Waals surface area contributed by atoms with Crippen LogP contribution in [-0.2, 0) is 11.2 Å². The second-order valence-electron chi connectivity index (χ2n) is 3.57. The van der Waals surface area contributed by atoms with Gasteiger partial charge in [0.25, 0.3) is 0 Å². The zero-order valence-electron chi connectivity index (χ0n) is 9.69. The maximum absolute atomic E-state index is 8.59. The van der Waals surface area contributed by atoms with Gasteiger partial charge in [0.05, 0.1) is 12.7 Å². The highest BCUT2D eigenvalue weighted by atomic mass is 32.1. The molecule has 0 N–H and O–H groups in total. The van der Waals surface area contributed by atoms with Gasteiger partial charge < -0.3 is 4.74 Å². The van der Waals surface area contributed by atoms with Crippen molar-refractivity contribution >= 4 is 11.3 Å². The van der Waals surface area contributed by atoms with Crippen LogP contribution in [0.4, 0.5) is 0 Å². The van der Waals surface area contributed by atoms with Crippen LogP contribution in [0.25, 0.3) is 0 Å². The average molecular weight is 238 g/mol. The maximum atomic E-state index is 8.59. The molecule has 1 aromatic rings. The summed E-state index contributed by atoms with van der Waals surface area (Å²) >= 11 is 1.79. The number of thiophene rings is 1. The molecule has 3 nitrogen and oxygen atoms in total. The Morgan fingerprint density at radius 2 is 2.31 bits per heavy atom. The number of hydrogen-bond donors (Lipinski definition) is 0. The van der Waals surface area contributed by atoms with Gasteiger partial charge in [0.1, 0.15) is 0 Å². The van der Waals surface area contributed by atoms with E-state index in [9.17, 15) is 0 Å². The van der Waals surface area contributed by atoms with Crippen LogP contribution in [0.15, 0.2) is 17.5 Å². The van der Waals surface area contributed by atoms with Crippen LogP contribution in [0.1, 0.15) is 11.3 Å². The molecule has 0 fully saturated rings. The number of hydrogen-bond acceptors (Lipinski definition) is 4. The van der Waals surface area contributed by atoms with Crippen LogP contribution in [0, 0.1) is 11.3 Å². The molecule has 0 atom stereocenters. The summed E-state index contributed by atoms with van der Waals surface area (Å²) in [6.45, 7) is 3.48. The molecule has 0 unspecified atom stereocenters. The highest BCUT2D eigenvalue weighted by Gasteiger charge is 2.04. The zero-order chi connectivity index (χ0) is 11.6. The summed E-state index contributed by atoms with van der Waals surface area (Å²) in [5, 5.41) is 10.7. The Hall–Kier alpha value is -0.890. The number of nitrogens with zero attached hydrogens (tertiary/aromatic N) is 2. The SMILES string of the molecule is COCCN(CCC#N)CCc1cccs1. The average Bonchev–Trinajstić information content (AvgIpc) is 2.81. The lowest BCUT2D eigenvalue weighted by atomic mass is 10.3. The predicted octanol–water partition coefficient (Wildman–Crippen LogP) is 2.15. The van der Waals surface area contributed by atoms with Crippen LogP contribution in [0.3, 0.4) is 0 Å². The molecule has 0 aliphatic rings. The van der Waals surface area contributed by atoms with Gasteiger partial charge in [0.2, 0.25) is 0 Å². The molecule has 0 saturated carbocycles. The molecule has 0 saturated heterocycles. The van der Waals surface area contributed by atoms with Gasteiger partial charge in [0.15, 0.2) is 0 Å². The fraction of sp³-hybridized carbons (Fsp3) is 0.583. The molecule has 88 valence electrons. The van der Waals surface area contributed by atoms with Crippen molar-refractivity contribution in [3.63, 3.8) is 0 Å². The molecule has 16 heavy (non-hydrogen) atoms. The van der Waals surface area contributed by atoms with Gasteiger partial charge in [-0.15, -0.1) is 11.3 Å². The van der Waals surface area contributed by atoms with Crippen molar-refractivity contribution < 1.29 is 4.74 Å². The monoisotopic (exact) mass is 238 g/mol. The third kappa shape index (κ3) is 5.26. The lowest BCUT2D eigenvalue weighted by Crippen LogP contribution is -2.30. The van der Waals surface area contributed by atoms with Crippen LogP contribution < -0.4 is 0 Å². The topological polar surface area (TPSA) is 36.3 Å². The Morgan fingerprint density at radius 3 is 2.94 bits per heavy atom. The van der Waals surface area contributed by atoms with Crippen LogP contribution in [0.2, 0.25) is 0 Å². The van der Waals surface area contributed by atoms with E-state index in [1.54, 1.807) is 18.4 Å². The van der Waals surface area contributed by atoms with Gasteiger partial charge in [0, 0.05) is 38.0 Å². The Labute approximate surface area is 101 Å². The Balaban J connectivity index is 2.28. The Kier molecular flexibility index (Phi) is 6.82. The van der Waals surface area contributed by atoms with Gasteiger partial charge in [-0.3, -0.25) is 4.90 Å². The molecule has 1 rings (SSSR count). The van der Waals surface area contributed by atoms with E-state index in [2.05, 4.69) is 28.5 Å². The molecule has 0 bridgehead atoms. The van der Waals surface area contributed by atoms with Crippen molar-refractivity contribution in [1.82, 2.24) is 4.90 Å². The van der Waals surface area contributed by atoms with Gasteiger partial charge in [-0.05, 0) is 17.9 Å². The molecule has 4 heteroatoms. The molecule has 0 aliphatic heterocycles. The van der Waals surface area contributed by atoms with Crippen LogP contribution in [-0.4, -0.2) is 38.3 Å². The minimum absolute atomic E-state index is 0.591. The van der Waals surface area contributed by atoms with E-state index in [-0.39, 0.29) is 0 Å². The number of ether oxygens (including phenoxy) is 1. The lowest BCUT2D eigenvalue weighted by Gasteiger charge is -2.20. The van der Waals surface area contributed by atoms with Gasteiger partial charge >= 0.3 is 0 Å². The highest BCUT2D eigenvalue weighted by molar-refractivity contribution is 7.09. The third-order valence-corrected chi connectivity index (χ3v) is 3.34. The summed E-state index contributed by atoms with van der Waals surface area (Å²) in [4.78, 5) is 3.69. The van der Waals surface area contributed by atoms with E-state index in [0.29, 0.717) is 6.42 Å². The van der Waals surface area contributed by atoms with Crippen molar-refractivity contribution in [2.24, 2.45) is 0 Å². The number of nitriles is 1. The van der Waals surface area contributed by atoms with Crippen molar-refractivity contribution in [2.75, 3.05) is 33.4 Å². The molecule has 0 amide bonds. The second kappa shape index (κ2) is 8.28. The first kappa shape index (κ1) is 13.2. The first-order chi connectivity index (χ1) is 7.86. The van der Waals surface area contributed by atoms with Gasteiger partial charge in [-0.2, -0.15) is 5.26 Å². The fourth-order valence-corrected chi connectivity index (χ4v) is 2.19. The number of rotatable bonds is 8. The van der Waals surface area contributed by atoms with E-state index in [4.69, 9.17) is 10.00 Å². The van der Waals surface area contributed by atoms with E-state index in [0.717, 1.165) is 32.7 Å². The second-order valence-corrected chi connectivity index (χ2v) is 4.60. The van der Waals surface area contributed by atoms with Gasteiger partial charge in [-0.25, -0.2) is 0 Å². The molecule has 1 heterocycles. The normalized spacial score (nSPS) is 10.6. The first-order valence-electron chi connectivity index (χ1n) is 5.47.